The smallest absolute Gasteiger partial charge is 0.340 e. The molecule has 1 saturated heterocycles. The summed E-state index contributed by atoms with van der Waals surface area (Å²) in [6.45, 7) is 6.32. The van der Waals surface area contributed by atoms with E-state index in [4.69, 9.17) is 0 Å². The number of piperidine rings is 1. The first-order valence-electron chi connectivity index (χ1n) is 6.55. The van der Waals surface area contributed by atoms with Crippen LogP contribution in [0, 0.1) is 5.92 Å². The second-order valence-corrected chi connectivity index (χ2v) is 4.61. The number of hydrogen-bond acceptors (Lipinski definition) is 3. The van der Waals surface area contributed by atoms with Crippen molar-refractivity contribution in [2.45, 2.75) is 19.8 Å². The van der Waals surface area contributed by atoms with E-state index in [0.29, 0.717) is 18.7 Å². The molecule has 1 atom stereocenters. The number of nitrogens with zero attached hydrogens (tertiary/aromatic N) is 1. The Bertz CT molecular complexity index is 454. The molecule has 0 aromatic rings. The van der Waals surface area contributed by atoms with Crippen molar-refractivity contribution in [2.75, 3.05) is 20.2 Å². The molecule has 1 fully saturated rings. The number of carbonyl (C=O) groups is 2. The highest BCUT2D eigenvalue weighted by Gasteiger charge is 2.26. The van der Waals surface area contributed by atoms with Crippen molar-refractivity contribution in [1.29, 1.82) is 0 Å². The summed E-state index contributed by atoms with van der Waals surface area (Å²) in [7, 11) is 1.20. The summed E-state index contributed by atoms with van der Waals surface area (Å²) in [6.07, 6.45) is 5.17. The first-order chi connectivity index (χ1) is 9.58. The van der Waals surface area contributed by atoms with Gasteiger partial charge in [0, 0.05) is 19.0 Å². The number of methoxy groups -OCH3 is 1. The quantitative estimate of drug-likeness (QED) is 0.336. The minimum absolute atomic E-state index is 0.112. The molecular weight excluding hydrogens is 261 g/mol. The third-order valence-electron chi connectivity index (χ3n) is 3.45. The standard InChI is InChI=1S/C15H20FNO3/c1-4-12(11-7-6-8-17(9-11)10-18)14(16)13(5-2)15(19)20-3/h4-5,10-11H,2,6-9H2,1,3H3/b12-4-,14-13-. The molecule has 1 aliphatic rings. The van der Waals surface area contributed by atoms with E-state index in [1.54, 1.807) is 17.9 Å². The number of allylic oxidation sites excluding steroid dienone is 2. The van der Waals surface area contributed by atoms with Crippen molar-refractivity contribution in [1.82, 2.24) is 4.90 Å². The topological polar surface area (TPSA) is 46.6 Å². The van der Waals surface area contributed by atoms with Gasteiger partial charge in [-0.3, -0.25) is 4.79 Å². The summed E-state index contributed by atoms with van der Waals surface area (Å²) in [5, 5.41) is 0. The Morgan fingerprint density at radius 3 is 2.70 bits per heavy atom. The lowest BCUT2D eigenvalue weighted by Gasteiger charge is -2.31. The molecule has 110 valence electrons. The molecule has 5 heteroatoms. The molecule has 0 aromatic carbocycles. The monoisotopic (exact) mass is 281 g/mol. The molecule has 1 heterocycles. The van der Waals surface area contributed by atoms with Gasteiger partial charge in [0.05, 0.1) is 12.7 Å². The number of halogens is 1. The minimum atomic E-state index is -0.750. The van der Waals surface area contributed by atoms with E-state index in [9.17, 15) is 14.0 Å². The van der Waals surface area contributed by atoms with Crippen LogP contribution in [0.1, 0.15) is 19.8 Å². The van der Waals surface area contributed by atoms with Gasteiger partial charge in [0.15, 0.2) is 0 Å². The first kappa shape index (κ1) is 16.1. The fourth-order valence-corrected chi connectivity index (χ4v) is 2.43. The highest BCUT2D eigenvalue weighted by atomic mass is 19.1. The van der Waals surface area contributed by atoms with Crippen molar-refractivity contribution in [2.24, 2.45) is 5.92 Å². The average Bonchev–Trinajstić information content (AvgIpc) is 2.48. The Balaban J connectivity index is 3.06. The van der Waals surface area contributed by atoms with E-state index in [0.717, 1.165) is 25.3 Å². The summed E-state index contributed by atoms with van der Waals surface area (Å²) >= 11 is 0. The molecule has 0 N–H and O–H groups in total. The normalized spacial score (nSPS) is 21.1. The Hall–Kier alpha value is -1.91. The van der Waals surface area contributed by atoms with Crippen LogP contribution in [-0.4, -0.2) is 37.5 Å². The van der Waals surface area contributed by atoms with Crippen LogP contribution in [0.4, 0.5) is 4.39 Å². The fraction of sp³-hybridized carbons (Fsp3) is 0.467. The predicted octanol–water partition coefficient (Wildman–Crippen LogP) is 2.38. The highest BCUT2D eigenvalue weighted by molar-refractivity contribution is 5.92. The second kappa shape index (κ2) is 7.62. The lowest BCUT2D eigenvalue weighted by molar-refractivity contribution is -0.135. The number of amides is 1. The Morgan fingerprint density at radius 1 is 1.50 bits per heavy atom. The predicted molar refractivity (Wildman–Crippen MR) is 74.5 cm³/mol. The van der Waals surface area contributed by atoms with Gasteiger partial charge in [0.25, 0.3) is 0 Å². The van der Waals surface area contributed by atoms with E-state index in [1.807, 2.05) is 0 Å². The van der Waals surface area contributed by atoms with Crippen LogP contribution in [0.15, 0.2) is 35.7 Å². The van der Waals surface area contributed by atoms with E-state index in [-0.39, 0.29) is 11.5 Å². The van der Waals surface area contributed by atoms with Gasteiger partial charge in [-0.1, -0.05) is 18.7 Å². The van der Waals surface area contributed by atoms with Gasteiger partial charge in [0.2, 0.25) is 6.41 Å². The molecule has 1 aliphatic heterocycles. The lowest BCUT2D eigenvalue weighted by atomic mass is 9.88. The molecule has 0 aliphatic carbocycles. The number of carbonyl (C=O) groups excluding carboxylic acids is 2. The first-order valence-corrected chi connectivity index (χ1v) is 6.55. The van der Waals surface area contributed by atoms with Crippen molar-refractivity contribution >= 4 is 12.4 Å². The number of esters is 1. The highest BCUT2D eigenvalue weighted by Crippen LogP contribution is 2.31. The molecule has 1 amide bonds. The van der Waals surface area contributed by atoms with E-state index in [2.05, 4.69) is 11.3 Å². The Morgan fingerprint density at radius 2 is 2.20 bits per heavy atom. The van der Waals surface area contributed by atoms with Crippen LogP contribution < -0.4 is 0 Å². The molecule has 0 radical (unpaired) electrons. The van der Waals surface area contributed by atoms with Crippen LogP contribution >= 0.6 is 0 Å². The van der Waals surface area contributed by atoms with Gasteiger partial charge in [-0.05, 0) is 25.3 Å². The maximum absolute atomic E-state index is 14.5. The van der Waals surface area contributed by atoms with Gasteiger partial charge in [0.1, 0.15) is 5.83 Å². The summed E-state index contributed by atoms with van der Waals surface area (Å²) in [4.78, 5) is 24.0. The maximum Gasteiger partial charge on any atom is 0.340 e. The summed E-state index contributed by atoms with van der Waals surface area (Å²) in [6, 6.07) is 0. The molecule has 0 aromatic heterocycles. The van der Waals surface area contributed by atoms with Crippen molar-refractivity contribution in [3.8, 4) is 0 Å². The second-order valence-electron chi connectivity index (χ2n) is 4.61. The van der Waals surface area contributed by atoms with Crippen molar-refractivity contribution in [3.63, 3.8) is 0 Å². The van der Waals surface area contributed by atoms with Crippen LogP contribution in [0.2, 0.25) is 0 Å². The maximum atomic E-state index is 14.5. The van der Waals surface area contributed by atoms with Crippen molar-refractivity contribution in [3.05, 3.63) is 35.7 Å². The van der Waals surface area contributed by atoms with Gasteiger partial charge < -0.3 is 9.64 Å². The molecule has 0 saturated carbocycles. The van der Waals surface area contributed by atoms with Crippen LogP contribution in [0.5, 0.6) is 0 Å². The number of ether oxygens (including phenoxy) is 1. The molecule has 4 nitrogen and oxygen atoms in total. The Labute approximate surface area is 118 Å². The van der Waals surface area contributed by atoms with E-state index in [1.165, 1.54) is 7.11 Å². The van der Waals surface area contributed by atoms with Gasteiger partial charge in [-0.15, -0.1) is 0 Å². The zero-order valence-electron chi connectivity index (χ0n) is 11.9. The Kier molecular flexibility index (Phi) is 6.15. The van der Waals surface area contributed by atoms with Gasteiger partial charge >= 0.3 is 5.97 Å². The molecule has 0 bridgehead atoms. The number of hydrogen-bond donors (Lipinski definition) is 0. The third kappa shape index (κ3) is 3.56. The zero-order chi connectivity index (χ0) is 15.1. The molecule has 0 spiro atoms. The third-order valence-corrected chi connectivity index (χ3v) is 3.45. The SMILES string of the molecule is C=C/C(C(=O)OC)=C(F)\C(=C/C)C1CCCN(C=O)C1. The average molecular weight is 281 g/mol. The molecular formula is C15H20FNO3. The largest absolute Gasteiger partial charge is 0.465 e. The summed E-state index contributed by atoms with van der Waals surface area (Å²) in [5.41, 5.74) is 0.251. The van der Waals surface area contributed by atoms with Crippen LogP contribution in [-0.2, 0) is 14.3 Å². The van der Waals surface area contributed by atoms with Gasteiger partial charge in [-0.25, -0.2) is 9.18 Å². The van der Waals surface area contributed by atoms with Crippen LogP contribution in [0.25, 0.3) is 0 Å². The number of likely N-dealkylation sites (tertiary alicyclic amines) is 1. The lowest BCUT2D eigenvalue weighted by Crippen LogP contribution is -2.35. The summed E-state index contributed by atoms with van der Waals surface area (Å²) < 4.78 is 19.1. The van der Waals surface area contributed by atoms with Crippen molar-refractivity contribution < 1.29 is 18.7 Å². The minimum Gasteiger partial charge on any atom is -0.465 e. The molecule has 1 rings (SSSR count). The van der Waals surface area contributed by atoms with Crippen LogP contribution in [0.3, 0.4) is 0 Å². The summed E-state index contributed by atoms with van der Waals surface area (Å²) in [5.74, 6) is -1.48. The fourth-order valence-electron chi connectivity index (χ4n) is 2.43. The zero-order valence-corrected chi connectivity index (χ0v) is 11.9. The van der Waals surface area contributed by atoms with E-state index < -0.39 is 11.8 Å². The molecule has 20 heavy (non-hydrogen) atoms. The van der Waals surface area contributed by atoms with E-state index >= 15 is 0 Å². The van der Waals surface area contributed by atoms with Gasteiger partial charge in [-0.2, -0.15) is 0 Å². The number of rotatable bonds is 5. The molecule has 1 unspecified atom stereocenters.